The summed E-state index contributed by atoms with van der Waals surface area (Å²) in [7, 11) is -4.05. The Balaban J connectivity index is 1.44. The molecular formula is C25H26ClN5O4S3. The number of nitrogens with one attached hydrogen (secondary N) is 1. The average Bonchev–Trinajstić information content (AvgIpc) is 3.48. The van der Waals surface area contributed by atoms with Crippen molar-refractivity contribution in [3.8, 4) is 6.07 Å². The van der Waals surface area contributed by atoms with E-state index >= 15 is 0 Å². The van der Waals surface area contributed by atoms with Gasteiger partial charge in [-0.05, 0) is 32.4 Å². The molecule has 3 aromatic rings. The number of hydrogen-bond donors (Lipinski definition) is 1. The number of piperazine rings is 1. The van der Waals surface area contributed by atoms with E-state index in [0.29, 0.717) is 33.1 Å². The van der Waals surface area contributed by atoms with Gasteiger partial charge >= 0.3 is 0 Å². The number of nitriles is 1. The predicted molar refractivity (Wildman–Crippen MR) is 147 cm³/mol. The van der Waals surface area contributed by atoms with Crippen LogP contribution in [0.3, 0.4) is 0 Å². The highest BCUT2D eigenvalue weighted by molar-refractivity contribution is 7.91. The minimum absolute atomic E-state index is 0.0182. The SMILES string of the molecule is CC(=O)c1c(S(=O)(=O)N2CCN(C(=O)c3nc4c(s3)CNC(C)C4)C(CCC#N)C2)sc2cc(Cl)ccc12. The van der Waals surface area contributed by atoms with Gasteiger partial charge in [-0.3, -0.25) is 9.59 Å². The van der Waals surface area contributed by atoms with Crippen LogP contribution >= 0.6 is 34.3 Å². The van der Waals surface area contributed by atoms with Gasteiger partial charge in [0.25, 0.3) is 15.9 Å². The summed E-state index contributed by atoms with van der Waals surface area (Å²) in [4.78, 5) is 33.4. The molecule has 38 heavy (non-hydrogen) atoms. The molecule has 200 valence electrons. The first-order chi connectivity index (χ1) is 18.1. The zero-order valence-corrected chi connectivity index (χ0v) is 24.1. The van der Waals surface area contributed by atoms with Gasteiger partial charge in [0.15, 0.2) is 10.8 Å². The molecule has 0 radical (unpaired) electrons. The lowest BCUT2D eigenvalue weighted by Crippen LogP contribution is -2.56. The number of fused-ring (bicyclic) bond motifs is 2. The Kier molecular flexibility index (Phi) is 7.61. The van der Waals surface area contributed by atoms with Gasteiger partial charge in [0, 0.05) is 71.1 Å². The molecule has 2 aliphatic heterocycles. The first-order valence-electron chi connectivity index (χ1n) is 12.2. The van der Waals surface area contributed by atoms with Crippen LogP contribution in [-0.4, -0.2) is 66.0 Å². The van der Waals surface area contributed by atoms with E-state index in [4.69, 9.17) is 11.6 Å². The standard InChI is InChI=1S/C25H26ClN5O4S3/c1-14-10-19-21(12-28-14)36-23(29-19)24(33)31-9-8-30(13-17(31)4-3-7-27)38(34,35)25-22(15(2)32)18-6-5-16(26)11-20(18)37-25/h5-6,11,14,17,28H,3-4,8-10,12-13H2,1-2H3. The number of aromatic nitrogens is 1. The molecule has 1 fully saturated rings. The largest absolute Gasteiger partial charge is 0.331 e. The molecule has 0 aliphatic carbocycles. The molecular weight excluding hydrogens is 566 g/mol. The van der Waals surface area contributed by atoms with Crippen molar-refractivity contribution in [2.24, 2.45) is 0 Å². The van der Waals surface area contributed by atoms with Crippen LogP contribution in [0.2, 0.25) is 5.02 Å². The highest BCUT2D eigenvalue weighted by Crippen LogP contribution is 2.38. The molecule has 1 aromatic carbocycles. The minimum Gasteiger partial charge on any atom is -0.331 e. The Bertz CT molecular complexity index is 1580. The third-order valence-corrected chi connectivity index (χ3v) is 11.7. The number of rotatable bonds is 6. The number of Topliss-reactive ketones (excluding diaryl/α,β-unsaturated/α-hetero) is 1. The summed E-state index contributed by atoms with van der Waals surface area (Å²) in [5, 5.41) is 14.0. The zero-order valence-electron chi connectivity index (χ0n) is 20.9. The van der Waals surface area contributed by atoms with Crippen molar-refractivity contribution in [1.29, 1.82) is 5.26 Å². The first kappa shape index (κ1) is 27.2. The monoisotopic (exact) mass is 591 g/mol. The number of carbonyl (C=O) groups excluding carboxylic acids is 2. The summed E-state index contributed by atoms with van der Waals surface area (Å²) in [6.07, 6.45) is 1.26. The Labute approximate surface area is 234 Å². The average molecular weight is 592 g/mol. The number of sulfonamides is 1. The zero-order chi connectivity index (χ0) is 27.2. The van der Waals surface area contributed by atoms with E-state index in [2.05, 4.69) is 23.3 Å². The van der Waals surface area contributed by atoms with Crippen LogP contribution in [0.5, 0.6) is 0 Å². The van der Waals surface area contributed by atoms with Crippen molar-refractivity contribution < 1.29 is 18.0 Å². The topological polar surface area (TPSA) is 123 Å². The maximum Gasteiger partial charge on any atom is 0.283 e. The molecule has 9 nitrogen and oxygen atoms in total. The van der Waals surface area contributed by atoms with Gasteiger partial charge in [-0.25, -0.2) is 13.4 Å². The molecule has 1 amide bonds. The Hall–Kier alpha value is -2.40. The minimum atomic E-state index is -4.05. The van der Waals surface area contributed by atoms with E-state index in [0.717, 1.165) is 28.3 Å². The number of nitrogens with zero attached hydrogens (tertiary/aromatic N) is 4. The number of halogens is 1. The number of thiazole rings is 1. The molecule has 2 aliphatic rings. The van der Waals surface area contributed by atoms with Crippen molar-refractivity contribution >= 4 is 66.1 Å². The molecule has 0 spiro atoms. The molecule has 0 bridgehead atoms. The fourth-order valence-electron chi connectivity index (χ4n) is 5.00. The highest BCUT2D eigenvalue weighted by Gasteiger charge is 2.40. The van der Waals surface area contributed by atoms with Crippen LogP contribution in [0.15, 0.2) is 22.4 Å². The molecule has 2 atom stereocenters. The smallest absolute Gasteiger partial charge is 0.283 e. The summed E-state index contributed by atoms with van der Waals surface area (Å²) in [5.41, 5.74) is 1.09. The van der Waals surface area contributed by atoms with Crippen molar-refractivity contribution in [3.63, 3.8) is 0 Å². The predicted octanol–water partition coefficient (Wildman–Crippen LogP) is 4.07. The van der Waals surface area contributed by atoms with Crippen molar-refractivity contribution in [1.82, 2.24) is 19.5 Å². The van der Waals surface area contributed by atoms with Gasteiger partial charge in [-0.1, -0.05) is 17.7 Å². The first-order valence-corrected chi connectivity index (χ1v) is 15.7. The second-order valence-electron chi connectivity index (χ2n) is 9.55. The summed E-state index contributed by atoms with van der Waals surface area (Å²) in [5.74, 6) is -0.582. The van der Waals surface area contributed by atoms with E-state index in [1.165, 1.54) is 22.6 Å². The quantitative estimate of drug-likeness (QED) is 0.429. The van der Waals surface area contributed by atoms with E-state index in [1.807, 2.05) is 0 Å². The Morgan fingerprint density at radius 3 is 2.82 bits per heavy atom. The second-order valence-corrected chi connectivity index (χ2v) is 14.3. The van der Waals surface area contributed by atoms with Gasteiger partial charge in [0.05, 0.1) is 17.3 Å². The van der Waals surface area contributed by atoms with E-state index < -0.39 is 16.1 Å². The fraction of sp³-hybridized carbons (Fsp3) is 0.440. The summed E-state index contributed by atoms with van der Waals surface area (Å²) in [6.45, 7) is 4.37. The highest BCUT2D eigenvalue weighted by atomic mass is 35.5. The molecule has 2 unspecified atom stereocenters. The van der Waals surface area contributed by atoms with Gasteiger partial charge in [0.2, 0.25) is 0 Å². The number of benzene rings is 1. The lowest BCUT2D eigenvalue weighted by molar-refractivity contribution is 0.0552. The van der Waals surface area contributed by atoms with E-state index in [1.54, 1.807) is 23.1 Å². The lowest BCUT2D eigenvalue weighted by Gasteiger charge is -2.40. The number of thiophene rings is 1. The Morgan fingerprint density at radius 2 is 2.08 bits per heavy atom. The van der Waals surface area contributed by atoms with Crippen molar-refractivity contribution in [2.45, 2.75) is 55.9 Å². The van der Waals surface area contributed by atoms with Gasteiger partial charge in [0.1, 0.15) is 4.21 Å². The molecule has 1 saturated heterocycles. The van der Waals surface area contributed by atoms with Crippen molar-refractivity contribution in [2.75, 3.05) is 19.6 Å². The van der Waals surface area contributed by atoms with E-state index in [9.17, 15) is 23.3 Å². The number of amides is 1. The molecule has 5 rings (SSSR count). The Morgan fingerprint density at radius 1 is 1.29 bits per heavy atom. The van der Waals surface area contributed by atoms with Gasteiger partial charge in [-0.2, -0.15) is 9.57 Å². The maximum absolute atomic E-state index is 13.9. The van der Waals surface area contributed by atoms with Crippen LogP contribution < -0.4 is 5.32 Å². The molecule has 13 heteroatoms. The van der Waals surface area contributed by atoms with Crippen LogP contribution in [0.4, 0.5) is 0 Å². The number of ketones is 1. The summed E-state index contributed by atoms with van der Waals surface area (Å²) < 4.78 is 29.7. The number of hydrogen-bond acceptors (Lipinski definition) is 9. The number of carbonyl (C=O) groups is 2. The maximum atomic E-state index is 13.9. The lowest BCUT2D eigenvalue weighted by atomic mass is 10.1. The normalized spacial score (nSPS) is 20.3. The second kappa shape index (κ2) is 10.6. The molecule has 4 heterocycles. The molecule has 0 saturated carbocycles. The van der Waals surface area contributed by atoms with Gasteiger partial charge < -0.3 is 10.2 Å². The third-order valence-electron chi connectivity index (χ3n) is 6.91. The summed E-state index contributed by atoms with van der Waals surface area (Å²) >= 11 is 8.51. The fourth-order valence-corrected chi connectivity index (χ4v) is 9.69. The summed E-state index contributed by atoms with van der Waals surface area (Å²) in [6, 6.07) is 6.86. The van der Waals surface area contributed by atoms with E-state index in [-0.39, 0.29) is 53.6 Å². The van der Waals surface area contributed by atoms with Crippen LogP contribution in [0, 0.1) is 11.3 Å². The third kappa shape index (κ3) is 4.99. The molecule has 1 N–H and O–H groups in total. The van der Waals surface area contributed by atoms with Crippen LogP contribution in [0.25, 0.3) is 10.1 Å². The van der Waals surface area contributed by atoms with Crippen LogP contribution in [0.1, 0.15) is 57.4 Å². The molecule has 2 aromatic heterocycles. The van der Waals surface area contributed by atoms with Crippen molar-refractivity contribution in [3.05, 3.63) is 44.4 Å². The van der Waals surface area contributed by atoms with Crippen LogP contribution in [-0.2, 0) is 23.0 Å². The van der Waals surface area contributed by atoms with Gasteiger partial charge in [-0.15, -0.1) is 22.7 Å².